The van der Waals surface area contributed by atoms with Crippen LogP contribution < -0.4 is 0 Å². The molecule has 16 heavy (non-hydrogen) atoms. The molecule has 1 saturated heterocycles. The van der Waals surface area contributed by atoms with Gasteiger partial charge < -0.3 is 4.74 Å². The zero-order valence-electron chi connectivity index (χ0n) is 10.3. The van der Waals surface area contributed by atoms with Crippen molar-refractivity contribution < 1.29 is 9.53 Å². The zero-order chi connectivity index (χ0) is 11.8. The van der Waals surface area contributed by atoms with E-state index in [2.05, 4.69) is 6.58 Å². The van der Waals surface area contributed by atoms with Crippen LogP contribution in [0.15, 0.2) is 12.3 Å². The van der Waals surface area contributed by atoms with Crippen molar-refractivity contribution in [3.05, 3.63) is 12.3 Å². The molecule has 1 aliphatic heterocycles. The van der Waals surface area contributed by atoms with E-state index in [4.69, 9.17) is 4.74 Å². The molecule has 1 heterocycles. The summed E-state index contributed by atoms with van der Waals surface area (Å²) in [5.41, 5.74) is 0.376. The fraction of sp³-hybridized carbons (Fsp3) is 0.769. The van der Waals surface area contributed by atoms with Crippen molar-refractivity contribution in [1.29, 1.82) is 0 Å². The van der Waals surface area contributed by atoms with Gasteiger partial charge in [-0.05, 0) is 26.2 Å². The smallest absolute Gasteiger partial charge is 0.415 e. The molecule has 1 unspecified atom stereocenters. The molecule has 90 valence electrons. The largest absolute Gasteiger partial charge is 0.436 e. The molecule has 1 aliphatic carbocycles. The summed E-state index contributed by atoms with van der Waals surface area (Å²) in [6, 6.07) is 0.321. The maximum absolute atomic E-state index is 11.9. The van der Waals surface area contributed by atoms with Gasteiger partial charge in [-0.3, -0.25) is 4.90 Å². The normalized spacial score (nSPS) is 32.0. The van der Waals surface area contributed by atoms with Crippen molar-refractivity contribution in [2.75, 3.05) is 0 Å². The number of amides is 1. The highest BCUT2D eigenvalue weighted by Gasteiger charge is 2.46. The van der Waals surface area contributed by atoms with E-state index in [0.717, 1.165) is 25.0 Å². The van der Waals surface area contributed by atoms with Gasteiger partial charge in [0.05, 0.1) is 5.70 Å². The molecule has 1 amide bonds. The summed E-state index contributed by atoms with van der Waals surface area (Å²) in [4.78, 5) is 13.7. The summed E-state index contributed by atoms with van der Waals surface area (Å²) in [7, 11) is 0. The second-order valence-electron chi connectivity index (χ2n) is 5.06. The van der Waals surface area contributed by atoms with Gasteiger partial charge in [-0.25, -0.2) is 4.79 Å². The highest BCUT2D eigenvalue weighted by Crippen LogP contribution is 2.38. The highest BCUT2D eigenvalue weighted by molar-refractivity contribution is 5.75. The predicted molar refractivity (Wildman–Crippen MR) is 63.0 cm³/mol. The van der Waals surface area contributed by atoms with Crippen LogP contribution in [0, 0.1) is 0 Å². The molecule has 1 saturated carbocycles. The van der Waals surface area contributed by atoms with E-state index in [-0.39, 0.29) is 6.09 Å². The first-order chi connectivity index (χ1) is 7.58. The Morgan fingerprint density at radius 3 is 2.56 bits per heavy atom. The van der Waals surface area contributed by atoms with Crippen molar-refractivity contribution in [3.63, 3.8) is 0 Å². The first-order valence-corrected chi connectivity index (χ1v) is 6.30. The van der Waals surface area contributed by atoms with Crippen molar-refractivity contribution in [1.82, 2.24) is 4.90 Å². The van der Waals surface area contributed by atoms with Crippen LogP contribution in [0.5, 0.6) is 0 Å². The molecule has 0 aromatic carbocycles. The third kappa shape index (κ3) is 1.72. The van der Waals surface area contributed by atoms with Crippen LogP contribution in [0.25, 0.3) is 0 Å². The fourth-order valence-electron chi connectivity index (χ4n) is 2.65. The molecule has 2 aliphatic rings. The van der Waals surface area contributed by atoms with Gasteiger partial charge in [0.15, 0.2) is 5.60 Å². The van der Waals surface area contributed by atoms with E-state index < -0.39 is 5.60 Å². The standard InChI is InChI=1S/C13H21NO2/c1-4-13(3)10(2)14(12(15)16-13)11-8-6-5-7-9-11/h11H,2,4-9H2,1,3H3. The van der Waals surface area contributed by atoms with Gasteiger partial charge in [-0.15, -0.1) is 0 Å². The van der Waals surface area contributed by atoms with Crippen molar-refractivity contribution in [2.24, 2.45) is 0 Å². The fourth-order valence-corrected chi connectivity index (χ4v) is 2.65. The van der Waals surface area contributed by atoms with Crippen LogP contribution in [0.2, 0.25) is 0 Å². The first-order valence-electron chi connectivity index (χ1n) is 6.30. The third-order valence-corrected chi connectivity index (χ3v) is 4.03. The van der Waals surface area contributed by atoms with Gasteiger partial charge in [0.1, 0.15) is 0 Å². The molecular formula is C13H21NO2. The molecule has 0 N–H and O–H groups in total. The Morgan fingerprint density at radius 2 is 2.06 bits per heavy atom. The zero-order valence-corrected chi connectivity index (χ0v) is 10.3. The summed E-state index contributed by atoms with van der Waals surface area (Å²) in [5.74, 6) is 0. The number of carbonyl (C=O) groups excluding carboxylic acids is 1. The molecule has 1 atom stereocenters. The molecule has 3 nitrogen and oxygen atoms in total. The topological polar surface area (TPSA) is 29.5 Å². The number of cyclic esters (lactones) is 1. The molecule has 2 fully saturated rings. The predicted octanol–water partition coefficient (Wildman–Crippen LogP) is 3.45. The van der Waals surface area contributed by atoms with Crippen molar-refractivity contribution in [3.8, 4) is 0 Å². The number of carbonyl (C=O) groups is 1. The third-order valence-electron chi connectivity index (χ3n) is 4.03. The van der Waals surface area contributed by atoms with Crippen LogP contribution in [0.1, 0.15) is 52.4 Å². The lowest BCUT2D eigenvalue weighted by atomic mass is 9.92. The van der Waals surface area contributed by atoms with Gasteiger partial charge in [-0.1, -0.05) is 32.8 Å². The van der Waals surface area contributed by atoms with E-state index in [1.165, 1.54) is 19.3 Å². The molecule has 0 aromatic rings. The van der Waals surface area contributed by atoms with Crippen LogP contribution in [-0.4, -0.2) is 22.6 Å². The van der Waals surface area contributed by atoms with E-state index in [9.17, 15) is 4.79 Å². The molecule has 2 rings (SSSR count). The van der Waals surface area contributed by atoms with Gasteiger partial charge in [0.2, 0.25) is 0 Å². The second-order valence-corrected chi connectivity index (χ2v) is 5.06. The Kier molecular flexibility index (Phi) is 2.96. The van der Waals surface area contributed by atoms with Crippen molar-refractivity contribution >= 4 is 6.09 Å². The molecule has 3 heteroatoms. The SMILES string of the molecule is C=C1N(C2CCCCC2)C(=O)OC1(C)CC. The Labute approximate surface area is 97.5 Å². The molecule has 0 radical (unpaired) electrons. The first kappa shape index (κ1) is 11.5. The minimum atomic E-state index is -0.478. The molecule has 0 bridgehead atoms. The van der Waals surface area contributed by atoms with E-state index in [1.54, 1.807) is 0 Å². The van der Waals surface area contributed by atoms with Crippen LogP contribution >= 0.6 is 0 Å². The van der Waals surface area contributed by atoms with Crippen LogP contribution in [0.4, 0.5) is 4.79 Å². The van der Waals surface area contributed by atoms with Gasteiger partial charge in [0.25, 0.3) is 0 Å². The molecule has 0 spiro atoms. The minimum absolute atomic E-state index is 0.193. The highest BCUT2D eigenvalue weighted by atomic mass is 16.6. The Morgan fingerprint density at radius 1 is 1.44 bits per heavy atom. The Hall–Kier alpha value is -0.990. The summed E-state index contributed by atoms with van der Waals surface area (Å²) < 4.78 is 5.46. The second kappa shape index (κ2) is 4.11. The summed E-state index contributed by atoms with van der Waals surface area (Å²) in [6.45, 7) is 8.05. The van der Waals surface area contributed by atoms with Crippen LogP contribution in [-0.2, 0) is 4.74 Å². The summed E-state index contributed by atoms with van der Waals surface area (Å²) in [5, 5.41) is 0. The van der Waals surface area contributed by atoms with Gasteiger partial charge in [-0.2, -0.15) is 0 Å². The maximum atomic E-state index is 11.9. The van der Waals surface area contributed by atoms with E-state index in [0.29, 0.717) is 6.04 Å². The number of hydrogen-bond acceptors (Lipinski definition) is 2. The quantitative estimate of drug-likeness (QED) is 0.717. The van der Waals surface area contributed by atoms with E-state index in [1.807, 2.05) is 18.7 Å². The van der Waals surface area contributed by atoms with Gasteiger partial charge in [0, 0.05) is 6.04 Å². The Bertz CT molecular complexity index is 307. The number of hydrogen-bond donors (Lipinski definition) is 0. The average Bonchev–Trinajstić information content (AvgIpc) is 2.52. The minimum Gasteiger partial charge on any atom is -0.436 e. The monoisotopic (exact) mass is 223 g/mol. The summed E-state index contributed by atoms with van der Waals surface area (Å²) >= 11 is 0. The lowest BCUT2D eigenvalue weighted by Crippen LogP contribution is -2.37. The number of ether oxygens (including phenoxy) is 1. The average molecular weight is 223 g/mol. The Balaban J connectivity index is 2.15. The summed E-state index contributed by atoms with van der Waals surface area (Å²) in [6.07, 6.45) is 6.50. The van der Waals surface area contributed by atoms with Crippen LogP contribution in [0.3, 0.4) is 0 Å². The maximum Gasteiger partial charge on any atom is 0.415 e. The number of nitrogens with zero attached hydrogens (tertiary/aromatic N) is 1. The molecular weight excluding hydrogens is 202 g/mol. The lowest BCUT2D eigenvalue weighted by molar-refractivity contribution is 0.0767. The lowest BCUT2D eigenvalue weighted by Gasteiger charge is -2.31. The van der Waals surface area contributed by atoms with E-state index >= 15 is 0 Å². The number of rotatable bonds is 2. The van der Waals surface area contributed by atoms with Gasteiger partial charge >= 0.3 is 6.09 Å². The van der Waals surface area contributed by atoms with Crippen molar-refractivity contribution in [2.45, 2.75) is 64.0 Å². The molecule has 0 aromatic heterocycles.